The number of unbranched alkanes of at least 4 members (excludes halogenated alkanes) is 3. The molecule has 1 heteroatoms. The van der Waals surface area contributed by atoms with Gasteiger partial charge in [0, 0.05) is 6.42 Å². The van der Waals surface area contributed by atoms with E-state index in [9.17, 15) is 0 Å². The van der Waals surface area contributed by atoms with Gasteiger partial charge in [-0.05, 0) is 12.7 Å². The first-order valence-electron chi connectivity index (χ1n) is 3.65. The van der Waals surface area contributed by atoms with E-state index < -0.39 is 0 Å². The predicted octanol–water partition coefficient (Wildman–Crippen LogP) is 2.75. The fraction of sp³-hybridized carbons (Fsp3) is 0.667. The molecule has 0 nitrogen and oxygen atoms in total. The van der Waals surface area contributed by atoms with E-state index >= 15 is 0 Å². The first kappa shape index (κ1) is 9.91. The Hall–Kier alpha value is -0.0900. The van der Waals surface area contributed by atoms with Crippen molar-refractivity contribution in [2.24, 2.45) is 0 Å². The topological polar surface area (TPSA) is 0 Å². The molecule has 0 saturated heterocycles. The Balaban J connectivity index is 2.96. The Morgan fingerprint density at radius 2 is 2.10 bits per heavy atom. The molecule has 0 unspecified atom stereocenters. The van der Waals surface area contributed by atoms with Gasteiger partial charge in [-0.2, -0.15) is 11.8 Å². The van der Waals surface area contributed by atoms with E-state index in [1.165, 1.54) is 12.8 Å². The highest BCUT2D eigenvalue weighted by Crippen LogP contribution is 1.96. The number of rotatable bonds is 4. The smallest absolute Gasteiger partial charge is 0.0544 e. The van der Waals surface area contributed by atoms with Gasteiger partial charge in [0.05, 0.1) is 5.75 Å². The molecule has 0 spiro atoms. The van der Waals surface area contributed by atoms with Crippen LogP contribution in [0, 0.1) is 18.8 Å². The van der Waals surface area contributed by atoms with Gasteiger partial charge in [0.2, 0.25) is 0 Å². The van der Waals surface area contributed by atoms with Crippen molar-refractivity contribution >= 4 is 11.8 Å². The molecule has 0 bridgehead atoms. The summed E-state index contributed by atoms with van der Waals surface area (Å²) in [5.74, 6) is 7.19. The summed E-state index contributed by atoms with van der Waals surface area (Å²) in [7, 11) is 0. The van der Waals surface area contributed by atoms with Gasteiger partial charge in [-0.15, -0.1) is 5.92 Å². The molecule has 0 saturated carbocycles. The lowest BCUT2D eigenvalue weighted by Gasteiger charge is -1.87. The zero-order chi connectivity index (χ0) is 7.66. The molecule has 0 aromatic carbocycles. The lowest BCUT2D eigenvalue weighted by molar-refractivity contribution is 0.770. The first-order valence-corrected chi connectivity index (χ1v) is 5.05. The minimum absolute atomic E-state index is 0.977. The summed E-state index contributed by atoms with van der Waals surface area (Å²) in [5, 5.41) is 0. The lowest BCUT2D eigenvalue weighted by atomic mass is 10.2. The molecule has 0 heterocycles. The van der Waals surface area contributed by atoms with Crippen molar-refractivity contribution in [3.8, 4) is 11.8 Å². The Morgan fingerprint density at radius 1 is 1.30 bits per heavy atom. The van der Waals surface area contributed by atoms with Crippen LogP contribution in [0.15, 0.2) is 0 Å². The standard InChI is InChI=1S/C9H15S/c1-3-4-5-6-7-8-9-10-2/h1,3-6,9H2,2H3. The summed E-state index contributed by atoms with van der Waals surface area (Å²) in [4.78, 5) is 0. The number of thioether (sulfide) groups is 1. The molecule has 0 atom stereocenters. The van der Waals surface area contributed by atoms with Crippen molar-refractivity contribution in [1.82, 2.24) is 0 Å². The maximum atomic E-state index is 3.77. The Kier molecular flexibility index (Phi) is 8.83. The number of hydrogen-bond acceptors (Lipinski definition) is 1. The Morgan fingerprint density at radius 3 is 2.70 bits per heavy atom. The molecular weight excluding hydrogens is 140 g/mol. The summed E-state index contributed by atoms with van der Waals surface area (Å²) in [6.45, 7) is 3.77. The van der Waals surface area contributed by atoms with Gasteiger partial charge in [-0.3, -0.25) is 0 Å². The van der Waals surface area contributed by atoms with Crippen LogP contribution < -0.4 is 0 Å². The van der Waals surface area contributed by atoms with Crippen LogP contribution in [0.2, 0.25) is 0 Å². The summed E-state index contributed by atoms with van der Waals surface area (Å²) < 4.78 is 0. The molecule has 57 valence electrons. The second-order valence-corrected chi connectivity index (χ2v) is 2.96. The molecule has 0 aliphatic carbocycles. The zero-order valence-electron chi connectivity index (χ0n) is 6.65. The fourth-order valence-electron chi connectivity index (χ4n) is 0.602. The van der Waals surface area contributed by atoms with E-state index in [2.05, 4.69) is 25.0 Å². The van der Waals surface area contributed by atoms with Crippen LogP contribution in [0.3, 0.4) is 0 Å². The van der Waals surface area contributed by atoms with Crippen molar-refractivity contribution in [2.75, 3.05) is 12.0 Å². The van der Waals surface area contributed by atoms with E-state index in [4.69, 9.17) is 0 Å². The zero-order valence-corrected chi connectivity index (χ0v) is 7.47. The average molecular weight is 155 g/mol. The van der Waals surface area contributed by atoms with Gasteiger partial charge in [-0.1, -0.05) is 25.7 Å². The van der Waals surface area contributed by atoms with E-state index in [0.717, 1.165) is 18.6 Å². The predicted molar refractivity (Wildman–Crippen MR) is 50.0 cm³/mol. The summed E-state index contributed by atoms with van der Waals surface area (Å²) >= 11 is 1.78. The van der Waals surface area contributed by atoms with Gasteiger partial charge in [0.25, 0.3) is 0 Å². The highest BCUT2D eigenvalue weighted by molar-refractivity contribution is 7.98. The van der Waals surface area contributed by atoms with Crippen LogP contribution in [-0.4, -0.2) is 12.0 Å². The Bertz CT molecular complexity index is 108. The van der Waals surface area contributed by atoms with E-state index in [1.54, 1.807) is 11.8 Å². The summed E-state index contributed by atoms with van der Waals surface area (Å²) in [5.41, 5.74) is 0. The normalized spacial score (nSPS) is 8.60. The minimum Gasteiger partial charge on any atom is -0.152 e. The largest absolute Gasteiger partial charge is 0.152 e. The van der Waals surface area contributed by atoms with Gasteiger partial charge in [-0.25, -0.2) is 0 Å². The van der Waals surface area contributed by atoms with Crippen LogP contribution in [0.4, 0.5) is 0 Å². The van der Waals surface area contributed by atoms with Crippen molar-refractivity contribution in [3.63, 3.8) is 0 Å². The molecule has 0 aliphatic rings. The van der Waals surface area contributed by atoms with E-state index in [0.29, 0.717) is 0 Å². The highest BCUT2D eigenvalue weighted by Gasteiger charge is 1.79. The van der Waals surface area contributed by atoms with Gasteiger partial charge >= 0.3 is 0 Å². The molecule has 0 rings (SSSR count). The second-order valence-electron chi connectivity index (χ2n) is 2.10. The summed E-state index contributed by atoms with van der Waals surface area (Å²) in [6, 6.07) is 0. The van der Waals surface area contributed by atoms with Crippen LogP contribution in [-0.2, 0) is 0 Å². The van der Waals surface area contributed by atoms with Crippen molar-refractivity contribution < 1.29 is 0 Å². The van der Waals surface area contributed by atoms with Crippen molar-refractivity contribution in [2.45, 2.75) is 25.7 Å². The fourth-order valence-corrected chi connectivity index (χ4v) is 0.848. The van der Waals surface area contributed by atoms with Crippen LogP contribution >= 0.6 is 11.8 Å². The lowest BCUT2D eigenvalue weighted by Crippen LogP contribution is -1.72. The number of hydrogen-bond donors (Lipinski definition) is 0. The summed E-state index contributed by atoms with van der Waals surface area (Å²) in [6.07, 6.45) is 6.60. The molecule has 0 aromatic heterocycles. The molecule has 1 radical (unpaired) electrons. The first-order chi connectivity index (χ1) is 4.91. The maximum Gasteiger partial charge on any atom is 0.0544 e. The SMILES string of the molecule is [CH2]CCCCC#CCSC. The third-order valence-electron chi connectivity index (χ3n) is 1.14. The third-order valence-corrected chi connectivity index (χ3v) is 1.58. The molecule has 0 aliphatic heterocycles. The van der Waals surface area contributed by atoms with Gasteiger partial charge in [0.1, 0.15) is 0 Å². The molecule has 10 heavy (non-hydrogen) atoms. The Labute approximate surface area is 68.8 Å². The molecule has 0 aromatic rings. The van der Waals surface area contributed by atoms with E-state index in [1.807, 2.05) is 0 Å². The molecule has 0 N–H and O–H groups in total. The van der Waals surface area contributed by atoms with Crippen molar-refractivity contribution in [1.29, 1.82) is 0 Å². The van der Waals surface area contributed by atoms with Crippen LogP contribution in [0.5, 0.6) is 0 Å². The quantitative estimate of drug-likeness (QED) is 0.444. The monoisotopic (exact) mass is 155 g/mol. The highest BCUT2D eigenvalue weighted by atomic mass is 32.2. The molecule has 0 fully saturated rings. The van der Waals surface area contributed by atoms with Gasteiger partial charge in [0.15, 0.2) is 0 Å². The van der Waals surface area contributed by atoms with E-state index in [-0.39, 0.29) is 0 Å². The van der Waals surface area contributed by atoms with Crippen molar-refractivity contribution in [3.05, 3.63) is 6.92 Å². The van der Waals surface area contributed by atoms with Crippen LogP contribution in [0.1, 0.15) is 25.7 Å². The second kappa shape index (κ2) is 8.91. The maximum absolute atomic E-state index is 3.77. The average Bonchev–Trinajstić information content (AvgIpc) is 1.97. The third kappa shape index (κ3) is 7.91. The molecular formula is C9H15S. The minimum atomic E-state index is 0.977. The van der Waals surface area contributed by atoms with Crippen LogP contribution in [0.25, 0.3) is 0 Å². The van der Waals surface area contributed by atoms with Gasteiger partial charge < -0.3 is 0 Å². The molecule has 0 amide bonds.